The lowest BCUT2D eigenvalue weighted by Gasteiger charge is -2.21. The van der Waals surface area contributed by atoms with Gasteiger partial charge in [-0.3, -0.25) is 4.79 Å². The first-order chi connectivity index (χ1) is 14.8. The molecule has 0 fully saturated rings. The molecule has 7 nitrogen and oxygen atoms in total. The average Bonchev–Trinajstić information content (AvgIpc) is 3.36. The number of hydrogen-bond acceptors (Lipinski definition) is 5. The predicted molar refractivity (Wildman–Crippen MR) is 112 cm³/mol. The molecule has 0 saturated carbocycles. The first-order valence-electron chi connectivity index (χ1n) is 9.87. The lowest BCUT2D eigenvalue weighted by Crippen LogP contribution is -2.35. The fourth-order valence-corrected chi connectivity index (χ4v) is 4.97. The van der Waals surface area contributed by atoms with Crippen molar-refractivity contribution in [3.05, 3.63) is 71.4 Å². The standard InChI is InChI=1S/C22H19FN4O3S/c23-21-20(25-6-7-26-21)15-2-1-14-9-17(11-16(14)10-15)22(28)27-8-5-13-3-4-18(12-19(13)27)31(24,29)30/h1-4,6-7,10,12,17H,5,8-9,11H2,(H2,24,29,30). The Morgan fingerprint density at radius 2 is 1.77 bits per heavy atom. The van der Waals surface area contributed by atoms with E-state index in [-0.39, 0.29) is 22.4 Å². The molecule has 0 radical (unpaired) electrons. The van der Waals surface area contributed by atoms with E-state index in [1.807, 2.05) is 12.1 Å². The van der Waals surface area contributed by atoms with Crippen molar-refractivity contribution in [2.75, 3.05) is 11.4 Å². The molecule has 1 aromatic heterocycles. The molecule has 0 saturated heterocycles. The summed E-state index contributed by atoms with van der Waals surface area (Å²) in [5.41, 5.74) is 4.38. The third-order valence-electron chi connectivity index (χ3n) is 5.96. The Labute approximate surface area is 178 Å². The van der Waals surface area contributed by atoms with Crippen LogP contribution in [-0.4, -0.2) is 30.8 Å². The minimum Gasteiger partial charge on any atom is -0.312 e. The molecule has 3 aromatic rings. The van der Waals surface area contributed by atoms with Gasteiger partial charge in [-0.1, -0.05) is 18.2 Å². The number of carbonyl (C=O) groups is 1. The first-order valence-corrected chi connectivity index (χ1v) is 11.4. The SMILES string of the molecule is NS(=O)(=O)c1ccc2c(c1)N(C(=O)C1Cc3ccc(-c4nccnc4F)cc3C1)CC2. The summed E-state index contributed by atoms with van der Waals surface area (Å²) in [4.78, 5) is 22.7. The van der Waals surface area contributed by atoms with E-state index in [0.717, 1.165) is 16.7 Å². The highest BCUT2D eigenvalue weighted by molar-refractivity contribution is 7.89. The summed E-state index contributed by atoms with van der Waals surface area (Å²) in [6.45, 7) is 0.505. The molecule has 31 heavy (non-hydrogen) atoms. The van der Waals surface area contributed by atoms with Crippen LogP contribution in [0.2, 0.25) is 0 Å². The van der Waals surface area contributed by atoms with E-state index in [2.05, 4.69) is 9.97 Å². The highest BCUT2D eigenvalue weighted by Crippen LogP contribution is 2.36. The molecular weight excluding hydrogens is 419 g/mol. The number of anilines is 1. The highest BCUT2D eigenvalue weighted by Gasteiger charge is 2.34. The predicted octanol–water partition coefficient (Wildman–Crippen LogP) is 2.23. The van der Waals surface area contributed by atoms with Crippen molar-refractivity contribution in [3.63, 3.8) is 0 Å². The van der Waals surface area contributed by atoms with Crippen molar-refractivity contribution in [2.24, 2.45) is 11.1 Å². The lowest BCUT2D eigenvalue weighted by molar-refractivity contribution is -0.122. The molecule has 2 aromatic carbocycles. The van der Waals surface area contributed by atoms with E-state index in [9.17, 15) is 17.6 Å². The van der Waals surface area contributed by atoms with E-state index in [4.69, 9.17) is 5.14 Å². The van der Waals surface area contributed by atoms with Crippen molar-refractivity contribution in [2.45, 2.75) is 24.2 Å². The van der Waals surface area contributed by atoms with Gasteiger partial charge in [-0.05, 0) is 54.2 Å². The fourth-order valence-electron chi connectivity index (χ4n) is 4.44. The van der Waals surface area contributed by atoms with Crippen LogP contribution in [0.4, 0.5) is 10.1 Å². The van der Waals surface area contributed by atoms with E-state index in [1.165, 1.54) is 24.5 Å². The monoisotopic (exact) mass is 438 g/mol. The molecule has 5 rings (SSSR count). The number of primary sulfonamides is 1. The summed E-state index contributed by atoms with van der Waals surface area (Å²) in [5.74, 6) is -0.942. The number of nitrogens with zero attached hydrogens (tertiary/aromatic N) is 3. The molecule has 1 unspecified atom stereocenters. The zero-order valence-electron chi connectivity index (χ0n) is 16.5. The summed E-state index contributed by atoms with van der Waals surface area (Å²) < 4.78 is 37.5. The van der Waals surface area contributed by atoms with Crippen LogP contribution in [0, 0.1) is 11.9 Å². The number of nitrogens with two attached hydrogens (primary N) is 1. The maximum atomic E-state index is 14.0. The summed E-state index contributed by atoms with van der Waals surface area (Å²) in [6, 6.07) is 10.2. The second kappa shape index (κ2) is 7.21. The van der Waals surface area contributed by atoms with E-state index >= 15 is 0 Å². The Bertz CT molecular complexity index is 1330. The van der Waals surface area contributed by atoms with Crippen LogP contribution in [0.1, 0.15) is 16.7 Å². The zero-order valence-corrected chi connectivity index (χ0v) is 17.3. The second-order valence-corrected chi connectivity index (χ2v) is 9.42. The Kier molecular flexibility index (Phi) is 4.60. The number of sulfonamides is 1. The van der Waals surface area contributed by atoms with Gasteiger partial charge in [0.05, 0.1) is 4.90 Å². The molecule has 2 N–H and O–H groups in total. The normalized spacial score (nSPS) is 17.5. The molecule has 9 heteroatoms. The smallest absolute Gasteiger partial charge is 0.239 e. The molecule has 0 spiro atoms. The number of aromatic nitrogens is 2. The molecule has 1 amide bonds. The fraction of sp³-hybridized carbons (Fsp3) is 0.227. The van der Waals surface area contributed by atoms with E-state index < -0.39 is 16.0 Å². The van der Waals surface area contributed by atoms with Gasteiger partial charge >= 0.3 is 0 Å². The van der Waals surface area contributed by atoms with Gasteiger partial charge in [0.2, 0.25) is 21.9 Å². The topological polar surface area (TPSA) is 106 Å². The Balaban J connectivity index is 1.40. The van der Waals surface area contributed by atoms with E-state index in [0.29, 0.717) is 37.1 Å². The third kappa shape index (κ3) is 3.49. The number of carbonyl (C=O) groups excluding carboxylic acids is 1. The minimum atomic E-state index is -3.85. The number of benzene rings is 2. The average molecular weight is 438 g/mol. The van der Waals surface area contributed by atoms with Crippen LogP contribution < -0.4 is 10.0 Å². The maximum Gasteiger partial charge on any atom is 0.239 e. The number of halogens is 1. The van der Waals surface area contributed by atoms with Crippen LogP contribution in [-0.2, 0) is 34.1 Å². The molecule has 158 valence electrons. The summed E-state index contributed by atoms with van der Waals surface area (Å²) >= 11 is 0. The first kappa shape index (κ1) is 19.8. The highest BCUT2D eigenvalue weighted by atomic mass is 32.2. The number of rotatable bonds is 3. The van der Waals surface area contributed by atoms with Gasteiger partial charge in [-0.2, -0.15) is 4.39 Å². The van der Waals surface area contributed by atoms with Gasteiger partial charge in [-0.15, -0.1) is 0 Å². The van der Waals surface area contributed by atoms with Crippen LogP contribution in [0.5, 0.6) is 0 Å². The van der Waals surface area contributed by atoms with Gasteiger partial charge in [-0.25, -0.2) is 23.5 Å². The van der Waals surface area contributed by atoms with Crippen molar-refractivity contribution in [1.29, 1.82) is 0 Å². The second-order valence-electron chi connectivity index (χ2n) is 7.86. The Hall–Kier alpha value is -3.17. The summed E-state index contributed by atoms with van der Waals surface area (Å²) in [6.07, 6.45) is 4.53. The van der Waals surface area contributed by atoms with Gasteiger partial charge in [0.25, 0.3) is 0 Å². The third-order valence-corrected chi connectivity index (χ3v) is 6.87. The van der Waals surface area contributed by atoms with Crippen molar-refractivity contribution >= 4 is 21.6 Å². The lowest BCUT2D eigenvalue weighted by atomic mass is 10.0. The molecule has 2 aliphatic rings. The number of amides is 1. The number of hydrogen-bond donors (Lipinski definition) is 1. The van der Waals surface area contributed by atoms with Gasteiger partial charge < -0.3 is 4.90 Å². The van der Waals surface area contributed by atoms with Crippen LogP contribution in [0.15, 0.2) is 53.7 Å². The quantitative estimate of drug-likeness (QED) is 0.675. The Morgan fingerprint density at radius 1 is 1.03 bits per heavy atom. The van der Waals surface area contributed by atoms with Crippen molar-refractivity contribution in [3.8, 4) is 11.3 Å². The Morgan fingerprint density at radius 3 is 2.55 bits per heavy atom. The van der Waals surface area contributed by atoms with Gasteiger partial charge in [0.1, 0.15) is 5.69 Å². The molecular formula is C22H19FN4O3S. The number of fused-ring (bicyclic) bond motifs is 2. The summed E-state index contributed by atoms with van der Waals surface area (Å²) in [5, 5.41) is 5.26. The molecule has 1 aliphatic heterocycles. The van der Waals surface area contributed by atoms with Crippen molar-refractivity contribution < 1.29 is 17.6 Å². The molecule has 0 bridgehead atoms. The van der Waals surface area contributed by atoms with Crippen LogP contribution in [0.3, 0.4) is 0 Å². The molecule has 2 heterocycles. The largest absolute Gasteiger partial charge is 0.312 e. The van der Waals surface area contributed by atoms with Crippen molar-refractivity contribution in [1.82, 2.24) is 9.97 Å². The van der Waals surface area contributed by atoms with Crippen LogP contribution in [0.25, 0.3) is 11.3 Å². The van der Waals surface area contributed by atoms with Gasteiger partial charge in [0.15, 0.2) is 0 Å². The zero-order chi connectivity index (χ0) is 21.8. The van der Waals surface area contributed by atoms with E-state index in [1.54, 1.807) is 17.0 Å². The molecule has 1 aliphatic carbocycles. The van der Waals surface area contributed by atoms with Gasteiger partial charge in [0, 0.05) is 36.1 Å². The molecule has 1 atom stereocenters. The van der Waals surface area contributed by atoms with Crippen LogP contribution >= 0.6 is 0 Å². The maximum absolute atomic E-state index is 14.0. The summed E-state index contributed by atoms with van der Waals surface area (Å²) in [7, 11) is -3.85. The minimum absolute atomic E-state index is 0.00343.